The van der Waals surface area contributed by atoms with Crippen LogP contribution in [0.3, 0.4) is 0 Å². The molecule has 146 valence electrons. The normalized spacial score (nSPS) is 10.8. The molecule has 0 aliphatic rings. The third-order valence-electron chi connectivity index (χ3n) is 4.50. The van der Waals surface area contributed by atoms with Crippen LogP contribution in [-0.2, 0) is 17.8 Å². The molecular formula is C21H24N4O3. The highest BCUT2D eigenvalue weighted by molar-refractivity contribution is 5.62. The number of benzene rings is 2. The van der Waals surface area contributed by atoms with Gasteiger partial charge in [-0.25, -0.2) is 4.79 Å². The molecule has 0 saturated carbocycles. The molecule has 7 nitrogen and oxygen atoms in total. The van der Waals surface area contributed by atoms with Gasteiger partial charge in [0, 0.05) is 20.2 Å². The zero-order valence-corrected chi connectivity index (χ0v) is 15.8. The van der Waals surface area contributed by atoms with Gasteiger partial charge in [-0.15, -0.1) is 0 Å². The molecule has 0 unspecified atom stereocenters. The van der Waals surface area contributed by atoms with Gasteiger partial charge in [0.05, 0.1) is 13.2 Å². The van der Waals surface area contributed by atoms with Crippen molar-refractivity contribution < 1.29 is 4.74 Å². The van der Waals surface area contributed by atoms with Gasteiger partial charge in [-0.05, 0) is 11.1 Å². The van der Waals surface area contributed by atoms with Crippen LogP contribution >= 0.6 is 0 Å². The van der Waals surface area contributed by atoms with Gasteiger partial charge >= 0.3 is 5.69 Å². The highest BCUT2D eigenvalue weighted by atomic mass is 16.5. The van der Waals surface area contributed by atoms with Crippen LogP contribution in [0.1, 0.15) is 11.1 Å². The monoisotopic (exact) mass is 380 g/mol. The maximum Gasteiger partial charge on any atom is 0.330 e. The van der Waals surface area contributed by atoms with Crippen molar-refractivity contribution in [3.8, 4) is 0 Å². The molecule has 0 fully saturated rings. The first-order valence-electron chi connectivity index (χ1n) is 9.04. The summed E-state index contributed by atoms with van der Waals surface area (Å²) in [6, 6.07) is 19.3. The number of nitrogens with one attached hydrogen (secondary N) is 1. The van der Waals surface area contributed by atoms with Gasteiger partial charge in [-0.2, -0.15) is 0 Å². The van der Waals surface area contributed by atoms with Crippen LogP contribution in [0.2, 0.25) is 0 Å². The number of hydrogen-bond donors (Lipinski definition) is 2. The Morgan fingerprint density at radius 2 is 1.61 bits per heavy atom. The van der Waals surface area contributed by atoms with Crippen LogP contribution in [0.15, 0.2) is 70.3 Å². The number of ether oxygens (including phenoxy) is 1. The van der Waals surface area contributed by atoms with Crippen LogP contribution in [0.4, 0.5) is 11.5 Å². The summed E-state index contributed by atoms with van der Waals surface area (Å²) in [6.45, 7) is 1.63. The summed E-state index contributed by atoms with van der Waals surface area (Å²) in [4.78, 5) is 29.3. The molecule has 0 saturated heterocycles. The zero-order chi connectivity index (χ0) is 19.9. The predicted molar refractivity (Wildman–Crippen MR) is 111 cm³/mol. The Labute approximate surface area is 163 Å². The third kappa shape index (κ3) is 4.50. The van der Waals surface area contributed by atoms with E-state index in [-0.39, 0.29) is 18.1 Å². The first-order valence-corrected chi connectivity index (χ1v) is 9.04. The first kappa shape index (κ1) is 19.4. The quantitative estimate of drug-likeness (QED) is 0.622. The van der Waals surface area contributed by atoms with Gasteiger partial charge in [0.2, 0.25) is 0 Å². The molecule has 1 heterocycles. The highest BCUT2D eigenvalue weighted by Crippen LogP contribution is 2.20. The number of rotatable bonds is 8. The second kappa shape index (κ2) is 9.05. The summed E-state index contributed by atoms with van der Waals surface area (Å²) in [7, 11) is 1.60. The van der Waals surface area contributed by atoms with E-state index in [9.17, 15) is 9.59 Å². The number of anilines is 2. The van der Waals surface area contributed by atoms with Crippen LogP contribution in [0, 0.1) is 0 Å². The summed E-state index contributed by atoms with van der Waals surface area (Å²) in [5.74, 6) is 0.143. The smallest absolute Gasteiger partial charge is 0.330 e. The van der Waals surface area contributed by atoms with E-state index in [0.29, 0.717) is 19.7 Å². The van der Waals surface area contributed by atoms with Crippen molar-refractivity contribution in [2.75, 3.05) is 30.9 Å². The second-order valence-electron chi connectivity index (χ2n) is 6.46. The minimum absolute atomic E-state index is 0.143. The molecule has 0 aliphatic heterocycles. The number of nitrogens with zero attached hydrogens (tertiary/aromatic N) is 2. The van der Waals surface area contributed by atoms with Crippen molar-refractivity contribution in [3.05, 3.63) is 92.6 Å². The van der Waals surface area contributed by atoms with E-state index in [1.807, 2.05) is 65.6 Å². The number of nitrogen functional groups attached to an aromatic ring is 1. The molecule has 0 radical (unpaired) electrons. The Hall–Kier alpha value is -3.32. The average molecular weight is 380 g/mol. The van der Waals surface area contributed by atoms with Gasteiger partial charge in [0.1, 0.15) is 11.5 Å². The van der Waals surface area contributed by atoms with E-state index in [4.69, 9.17) is 10.5 Å². The van der Waals surface area contributed by atoms with Gasteiger partial charge in [0.25, 0.3) is 5.56 Å². The molecular weight excluding hydrogens is 356 g/mol. The maximum atomic E-state index is 12.6. The lowest BCUT2D eigenvalue weighted by Crippen LogP contribution is -2.39. The average Bonchev–Trinajstić information content (AvgIpc) is 2.70. The lowest BCUT2D eigenvalue weighted by molar-refractivity contribution is 0.205. The Balaban J connectivity index is 2.02. The summed E-state index contributed by atoms with van der Waals surface area (Å²) in [6.07, 6.45) is 0. The SMILES string of the molecule is COCCN(Cc1ccccc1)c1c(N)n(Cc2ccccc2)c(=O)[nH]c1=O. The summed E-state index contributed by atoms with van der Waals surface area (Å²) in [5, 5.41) is 0. The van der Waals surface area contributed by atoms with E-state index in [1.54, 1.807) is 7.11 Å². The molecule has 3 aromatic rings. The Kier molecular flexibility index (Phi) is 6.29. The van der Waals surface area contributed by atoms with Gasteiger partial charge < -0.3 is 15.4 Å². The van der Waals surface area contributed by atoms with Crippen LogP contribution in [0.25, 0.3) is 0 Å². The number of aromatic nitrogens is 2. The van der Waals surface area contributed by atoms with E-state index < -0.39 is 11.2 Å². The molecule has 3 rings (SSSR count). The fraction of sp³-hybridized carbons (Fsp3) is 0.238. The molecule has 0 spiro atoms. The molecule has 3 N–H and O–H groups in total. The lowest BCUT2D eigenvalue weighted by atomic mass is 10.2. The number of hydrogen-bond acceptors (Lipinski definition) is 5. The summed E-state index contributed by atoms with van der Waals surface area (Å²) < 4.78 is 6.58. The largest absolute Gasteiger partial charge is 0.383 e. The molecule has 0 atom stereocenters. The van der Waals surface area contributed by atoms with Gasteiger partial charge in [-0.3, -0.25) is 14.3 Å². The van der Waals surface area contributed by atoms with Crippen molar-refractivity contribution >= 4 is 11.5 Å². The number of methoxy groups -OCH3 is 1. The van der Waals surface area contributed by atoms with Crippen molar-refractivity contribution in [3.63, 3.8) is 0 Å². The van der Waals surface area contributed by atoms with E-state index in [2.05, 4.69) is 4.98 Å². The lowest BCUT2D eigenvalue weighted by Gasteiger charge is -2.26. The molecule has 28 heavy (non-hydrogen) atoms. The van der Waals surface area contributed by atoms with Gasteiger partial charge in [0.15, 0.2) is 0 Å². The van der Waals surface area contributed by atoms with Crippen molar-refractivity contribution in [1.82, 2.24) is 9.55 Å². The Morgan fingerprint density at radius 1 is 1.00 bits per heavy atom. The summed E-state index contributed by atoms with van der Waals surface area (Å²) in [5.41, 5.74) is 7.51. The van der Waals surface area contributed by atoms with Crippen LogP contribution in [0.5, 0.6) is 0 Å². The molecule has 2 aromatic carbocycles. The molecule has 1 aromatic heterocycles. The number of aromatic amines is 1. The number of H-pyrrole nitrogens is 1. The second-order valence-corrected chi connectivity index (χ2v) is 6.46. The fourth-order valence-electron chi connectivity index (χ4n) is 3.08. The Morgan fingerprint density at radius 3 is 2.21 bits per heavy atom. The zero-order valence-electron chi connectivity index (χ0n) is 15.8. The van der Waals surface area contributed by atoms with Crippen molar-refractivity contribution in [1.29, 1.82) is 0 Å². The van der Waals surface area contributed by atoms with Gasteiger partial charge in [-0.1, -0.05) is 60.7 Å². The molecule has 7 heteroatoms. The third-order valence-corrected chi connectivity index (χ3v) is 4.50. The summed E-state index contributed by atoms with van der Waals surface area (Å²) >= 11 is 0. The van der Waals surface area contributed by atoms with E-state index in [0.717, 1.165) is 11.1 Å². The standard InChI is InChI=1S/C21H24N4O3/c1-28-13-12-24(14-16-8-4-2-5-9-16)18-19(22)25(21(27)23-20(18)26)15-17-10-6-3-7-11-17/h2-11H,12-15,22H2,1H3,(H,23,26,27). The van der Waals surface area contributed by atoms with E-state index in [1.165, 1.54) is 4.57 Å². The number of nitrogens with two attached hydrogens (primary N) is 1. The molecule has 0 aliphatic carbocycles. The topological polar surface area (TPSA) is 93.3 Å². The first-order chi connectivity index (χ1) is 13.6. The van der Waals surface area contributed by atoms with Crippen LogP contribution < -0.4 is 21.9 Å². The molecule has 0 bridgehead atoms. The van der Waals surface area contributed by atoms with Crippen molar-refractivity contribution in [2.45, 2.75) is 13.1 Å². The van der Waals surface area contributed by atoms with Crippen LogP contribution in [-0.4, -0.2) is 29.8 Å². The predicted octanol–water partition coefficient (Wildman–Crippen LogP) is 1.82. The molecule has 0 amide bonds. The van der Waals surface area contributed by atoms with E-state index >= 15 is 0 Å². The Bertz CT molecular complexity index is 1010. The minimum Gasteiger partial charge on any atom is -0.383 e. The maximum absolute atomic E-state index is 12.6. The minimum atomic E-state index is -0.526. The van der Waals surface area contributed by atoms with Crippen molar-refractivity contribution in [2.24, 2.45) is 0 Å². The highest BCUT2D eigenvalue weighted by Gasteiger charge is 2.19. The fourth-order valence-corrected chi connectivity index (χ4v) is 3.08.